The van der Waals surface area contributed by atoms with Gasteiger partial charge >= 0.3 is 0 Å². The Kier molecular flexibility index (Phi) is 4.85. The van der Waals surface area contributed by atoms with Crippen molar-refractivity contribution in [1.82, 2.24) is 5.32 Å². The number of hydrogen-bond donors (Lipinski definition) is 3. The lowest BCUT2D eigenvalue weighted by atomic mass is 9.89. The third-order valence-electron chi connectivity index (χ3n) is 2.09. The van der Waals surface area contributed by atoms with Crippen molar-refractivity contribution in [2.24, 2.45) is 11.1 Å². The Morgan fingerprint density at radius 2 is 2.25 bits per heavy atom. The molecule has 0 aliphatic heterocycles. The molecule has 0 aliphatic rings. The van der Waals surface area contributed by atoms with Gasteiger partial charge in [-0.1, -0.05) is 13.8 Å². The van der Waals surface area contributed by atoms with Crippen LogP contribution in [0.25, 0.3) is 0 Å². The van der Waals surface area contributed by atoms with Crippen LogP contribution in [0.2, 0.25) is 0 Å². The Balaban J connectivity index is 3.65. The molecule has 0 saturated heterocycles. The maximum atomic E-state index is 10.4. The molecule has 0 bridgehead atoms. The first-order valence-electron chi connectivity index (χ1n) is 4.14. The summed E-state index contributed by atoms with van der Waals surface area (Å²) in [5, 5.41) is 11.9. The predicted molar refractivity (Wildman–Crippen MR) is 47.5 cm³/mol. The fraction of sp³-hybridized carbons (Fsp3) is 0.875. The summed E-state index contributed by atoms with van der Waals surface area (Å²) < 4.78 is 0. The summed E-state index contributed by atoms with van der Waals surface area (Å²) in [5.74, 6) is -0.369. The van der Waals surface area contributed by atoms with Gasteiger partial charge in [-0.15, -0.1) is 0 Å². The second-order valence-corrected chi connectivity index (χ2v) is 3.39. The third kappa shape index (κ3) is 4.31. The van der Waals surface area contributed by atoms with Gasteiger partial charge < -0.3 is 16.2 Å². The number of aliphatic hydroxyl groups is 1. The van der Waals surface area contributed by atoms with Crippen LogP contribution in [0.4, 0.5) is 0 Å². The van der Waals surface area contributed by atoms with Crippen LogP contribution in [-0.2, 0) is 4.79 Å². The number of primary amides is 1. The molecule has 0 spiro atoms. The zero-order valence-electron chi connectivity index (χ0n) is 7.76. The lowest BCUT2D eigenvalue weighted by Crippen LogP contribution is -2.38. The van der Waals surface area contributed by atoms with Gasteiger partial charge in [-0.05, 0) is 6.42 Å². The molecule has 4 nitrogen and oxygen atoms in total. The molecule has 4 heteroatoms. The van der Waals surface area contributed by atoms with E-state index >= 15 is 0 Å². The van der Waals surface area contributed by atoms with E-state index in [1.165, 1.54) is 0 Å². The van der Waals surface area contributed by atoms with Gasteiger partial charge in [0.1, 0.15) is 0 Å². The lowest BCUT2D eigenvalue weighted by molar-refractivity contribution is -0.117. The summed E-state index contributed by atoms with van der Waals surface area (Å²) in [6.07, 6.45) is 0.870. The molecule has 0 rings (SSSR count). The largest absolute Gasteiger partial charge is 0.396 e. The maximum Gasteiger partial charge on any atom is 0.231 e. The molecule has 0 aromatic carbocycles. The summed E-state index contributed by atoms with van der Waals surface area (Å²) >= 11 is 0. The SMILES string of the molecule is CCC(C)(CO)CNCC(N)=O. The average Bonchev–Trinajstić information content (AvgIpc) is 2.03. The van der Waals surface area contributed by atoms with Crippen LogP contribution in [0, 0.1) is 5.41 Å². The molecule has 0 aromatic heterocycles. The van der Waals surface area contributed by atoms with Crippen LogP contribution in [0.3, 0.4) is 0 Å². The van der Waals surface area contributed by atoms with Crippen LogP contribution in [0.1, 0.15) is 20.3 Å². The predicted octanol–water partition coefficient (Wildman–Crippen LogP) is -0.530. The van der Waals surface area contributed by atoms with E-state index in [4.69, 9.17) is 10.8 Å². The molecule has 0 aliphatic carbocycles. The molecule has 72 valence electrons. The van der Waals surface area contributed by atoms with Crippen LogP contribution in [-0.4, -0.2) is 30.7 Å². The Bertz CT molecular complexity index is 144. The molecule has 1 unspecified atom stereocenters. The highest BCUT2D eigenvalue weighted by atomic mass is 16.3. The molecule has 1 atom stereocenters. The molecule has 0 fully saturated rings. The van der Waals surface area contributed by atoms with E-state index in [0.717, 1.165) is 6.42 Å². The minimum Gasteiger partial charge on any atom is -0.396 e. The van der Waals surface area contributed by atoms with Gasteiger partial charge in [0.05, 0.1) is 6.54 Å². The fourth-order valence-electron chi connectivity index (χ4n) is 0.780. The normalized spacial score (nSPS) is 15.6. The van der Waals surface area contributed by atoms with Crippen molar-refractivity contribution >= 4 is 5.91 Å². The number of carbonyl (C=O) groups excluding carboxylic acids is 1. The minimum absolute atomic E-state index is 0.120. The van der Waals surface area contributed by atoms with Crippen molar-refractivity contribution in [2.45, 2.75) is 20.3 Å². The highest BCUT2D eigenvalue weighted by Gasteiger charge is 2.20. The van der Waals surface area contributed by atoms with Gasteiger partial charge in [-0.3, -0.25) is 4.79 Å². The van der Waals surface area contributed by atoms with Crippen molar-refractivity contribution in [2.75, 3.05) is 19.7 Å². The smallest absolute Gasteiger partial charge is 0.231 e. The van der Waals surface area contributed by atoms with E-state index in [1.807, 2.05) is 13.8 Å². The number of hydrogen-bond acceptors (Lipinski definition) is 3. The zero-order valence-corrected chi connectivity index (χ0v) is 7.76. The molecular formula is C8H18N2O2. The van der Waals surface area contributed by atoms with Gasteiger partial charge in [-0.25, -0.2) is 0 Å². The number of amides is 1. The number of rotatable bonds is 6. The van der Waals surface area contributed by atoms with E-state index < -0.39 is 0 Å². The monoisotopic (exact) mass is 174 g/mol. The molecule has 0 heterocycles. The van der Waals surface area contributed by atoms with Gasteiger partial charge in [0.2, 0.25) is 5.91 Å². The molecule has 12 heavy (non-hydrogen) atoms. The number of nitrogens with one attached hydrogen (secondary N) is 1. The Morgan fingerprint density at radius 3 is 2.58 bits per heavy atom. The summed E-state index contributed by atoms with van der Waals surface area (Å²) in [6, 6.07) is 0. The second-order valence-electron chi connectivity index (χ2n) is 3.39. The van der Waals surface area contributed by atoms with Gasteiger partial charge in [0.15, 0.2) is 0 Å². The molecular weight excluding hydrogens is 156 g/mol. The summed E-state index contributed by atoms with van der Waals surface area (Å²) in [4.78, 5) is 10.4. The van der Waals surface area contributed by atoms with E-state index in [-0.39, 0.29) is 24.5 Å². The van der Waals surface area contributed by atoms with Crippen molar-refractivity contribution in [3.8, 4) is 0 Å². The van der Waals surface area contributed by atoms with E-state index in [0.29, 0.717) is 6.54 Å². The number of aliphatic hydroxyl groups excluding tert-OH is 1. The van der Waals surface area contributed by atoms with Crippen molar-refractivity contribution < 1.29 is 9.90 Å². The standard InChI is InChI=1S/C8H18N2O2/c1-3-8(2,6-11)5-10-4-7(9)12/h10-11H,3-6H2,1-2H3,(H2,9,12). The van der Waals surface area contributed by atoms with E-state index in [1.54, 1.807) is 0 Å². The Morgan fingerprint density at radius 1 is 1.67 bits per heavy atom. The number of nitrogens with two attached hydrogens (primary N) is 1. The van der Waals surface area contributed by atoms with Gasteiger partial charge in [0.25, 0.3) is 0 Å². The van der Waals surface area contributed by atoms with Crippen LogP contribution >= 0.6 is 0 Å². The van der Waals surface area contributed by atoms with Gasteiger partial charge in [0, 0.05) is 18.6 Å². The average molecular weight is 174 g/mol. The summed E-state index contributed by atoms with van der Waals surface area (Å²) in [7, 11) is 0. The Hall–Kier alpha value is -0.610. The third-order valence-corrected chi connectivity index (χ3v) is 2.09. The molecule has 0 radical (unpaired) electrons. The number of carbonyl (C=O) groups is 1. The van der Waals surface area contributed by atoms with Crippen molar-refractivity contribution in [1.29, 1.82) is 0 Å². The van der Waals surface area contributed by atoms with Crippen LogP contribution in [0.5, 0.6) is 0 Å². The zero-order chi connectivity index (χ0) is 9.61. The van der Waals surface area contributed by atoms with Crippen LogP contribution in [0.15, 0.2) is 0 Å². The summed E-state index contributed by atoms with van der Waals surface area (Å²) in [5.41, 5.74) is 4.80. The van der Waals surface area contributed by atoms with Crippen molar-refractivity contribution in [3.63, 3.8) is 0 Å². The highest BCUT2D eigenvalue weighted by molar-refractivity contribution is 5.75. The Labute approximate surface area is 73.1 Å². The molecule has 1 amide bonds. The van der Waals surface area contributed by atoms with Crippen LogP contribution < -0.4 is 11.1 Å². The quantitative estimate of drug-likeness (QED) is 0.506. The molecule has 4 N–H and O–H groups in total. The topological polar surface area (TPSA) is 75.3 Å². The minimum atomic E-state index is -0.369. The fourth-order valence-corrected chi connectivity index (χ4v) is 0.780. The first kappa shape index (κ1) is 11.4. The highest BCUT2D eigenvalue weighted by Crippen LogP contribution is 2.17. The maximum absolute atomic E-state index is 10.4. The van der Waals surface area contributed by atoms with E-state index in [9.17, 15) is 4.79 Å². The lowest BCUT2D eigenvalue weighted by Gasteiger charge is -2.25. The van der Waals surface area contributed by atoms with E-state index in [2.05, 4.69) is 5.32 Å². The molecule has 0 saturated carbocycles. The molecule has 0 aromatic rings. The van der Waals surface area contributed by atoms with Gasteiger partial charge in [-0.2, -0.15) is 0 Å². The van der Waals surface area contributed by atoms with Crippen molar-refractivity contribution in [3.05, 3.63) is 0 Å². The summed E-state index contributed by atoms with van der Waals surface area (Å²) in [6.45, 7) is 4.87. The first-order valence-corrected chi connectivity index (χ1v) is 4.14. The first-order chi connectivity index (χ1) is 5.54. The second kappa shape index (κ2) is 5.11.